The van der Waals surface area contributed by atoms with Crippen molar-refractivity contribution in [1.29, 1.82) is 0 Å². The van der Waals surface area contributed by atoms with Crippen LogP contribution in [0.5, 0.6) is 11.5 Å². The van der Waals surface area contributed by atoms with E-state index in [-0.39, 0.29) is 25.2 Å². The van der Waals surface area contributed by atoms with Gasteiger partial charge in [-0.25, -0.2) is 10.0 Å². The topological polar surface area (TPSA) is 102 Å². The van der Waals surface area contributed by atoms with Crippen LogP contribution in [0, 0.1) is 10.1 Å². The lowest BCUT2D eigenvalue weighted by atomic mass is 9.74. The highest BCUT2D eigenvalue weighted by Gasteiger charge is 2.59. The standard InChI is InChI=1S/C32H29N3O6/c1-40-28-16-8-24(9-17-28)21-33-30(36)32(20-23-6-4-3-5-7-23,26-12-14-27(15-13-26)35(38)39)31(37)34(33)22-25-10-18-29(41-2)19-11-25/h3-19H,20-22H2,1-2H3. The number of ether oxygens (including phenoxy) is 2. The Labute approximate surface area is 237 Å². The molecule has 0 atom stereocenters. The second-order valence-corrected chi connectivity index (χ2v) is 9.79. The summed E-state index contributed by atoms with van der Waals surface area (Å²) in [4.78, 5) is 40.0. The van der Waals surface area contributed by atoms with Crippen LogP contribution >= 0.6 is 0 Å². The highest BCUT2D eigenvalue weighted by molar-refractivity contribution is 6.15. The van der Waals surface area contributed by atoms with Gasteiger partial charge < -0.3 is 9.47 Å². The number of nitrogens with zero attached hydrogens (tertiary/aromatic N) is 3. The fourth-order valence-electron chi connectivity index (χ4n) is 5.14. The fourth-order valence-corrected chi connectivity index (χ4v) is 5.14. The highest BCUT2D eigenvalue weighted by atomic mass is 16.6. The molecule has 1 heterocycles. The molecule has 5 rings (SSSR count). The minimum absolute atomic E-state index is 0.0988. The maximum Gasteiger partial charge on any atom is 0.269 e. The summed E-state index contributed by atoms with van der Waals surface area (Å²) in [5.74, 6) is 0.558. The molecule has 0 radical (unpaired) electrons. The maximum atomic E-state index is 14.6. The fraction of sp³-hybridized carbons (Fsp3) is 0.188. The van der Waals surface area contributed by atoms with Crippen LogP contribution in [-0.4, -0.2) is 41.0 Å². The monoisotopic (exact) mass is 551 g/mol. The Morgan fingerprint density at radius 3 is 1.54 bits per heavy atom. The molecule has 4 aromatic rings. The van der Waals surface area contributed by atoms with Crippen LogP contribution in [0.3, 0.4) is 0 Å². The molecule has 1 saturated heterocycles. The molecule has 2 amide bonds. The molecule has 0 saturated carbocycles. The number of carbonyl (C=O) groups excluding carboxylic acids is 2. The number of methoxy groups -OCH3 is 2. The number of hydrogen-bond acceptors (Lipinski definition) is 6. The molecule has 9 heteroatoms. The van der Waals surface area contributed by atoms with Gasteiger partial charge in [0, 0.05) is 18.6 Å². The maximum absolute atomic E-state index is 14.6. The Bertz CT molecular complexity index is 1470. The smallest absolute Gasteiger partial charge is 0.269 e. The summed E-state index contributed by atoms with van der Waals surface area (Å²) in [5, 5.41) is 14.3. The number of non-ortho nitro benzene ring substituents is 1. The lowest BCUT2D eigenvalue weighted by molar-refractivity contribution is -0.384. The van der Waals surface area contributed by atoms with Crippen molar-refractivity contribution in [1.82, 2.24) is 10.0 Å². The zero-order chi connectivity index (χ0) is 29.0. The predicted molar refractivity (Wildman–Crippen MR) is 152 cm³/mol. The molecule has 0 aliphatic carbocycles. The number of benzene rings is 4. The second kappa shape index (κ2) is 11.5. The van der Waals surface area contributed by atoms with E-state index < -0.39 is 22.2 Å². The third kappa shape index (κ3) is 5.34. The first-order valence-electron chi connectivity index (χ1n) is 13.0. The minimum atomic E-state index is -1.62. The van der Waals surface area contributed by atoms with E-state index in [9.17, 15) is 19.7 Å². The summed E-state index contributed by atoms with van der Waals surface area (Å²) < 4.78 is 10.6. The van der Waals surface area contributed by atoms with Gasteiger partial charge in [0.15, 0.2) is 5.41 Å². The quantitative estimate of drug-likeness (QED) is 0.155. The van der Waals surface area contributed by atoms with Crippen molar-refractivity contribution in [3.8, 4) is 11.5 Å². The van der Waals surface area contributed by atoms with E-state index in [0.717, 1.165) is 16.7 Å². The number of nitro benzene ring substituents is 1. The summed E-state index contributed by atoms with van der Waals surface area (Å²) >= 11 is 0. The lowest BCUT2D eigenvalue weighted by Gasteiger charge is -2.28. The Balaban J connectivity index is 1.62. The molecular weight excluding hydrogens is 522 g/mol. The van der Waals surface area contributed by atoms with Gasteiger partial charge in [-0.1, -0.05) is 66.7 Å². The predicted octanol–water partition coefficient (Wildman–Crippen LogP) is 5.08. The van der Waals surface area contributed by atoms with Gasteiger partial charge in [0.05, 0.1) is 32.2 Å². The van der Waals surface area contributed by atoms with Gasteiger partial charge in [-0.15, -0.1) is 0 Å². The number of nitro groups is 1. The van der Waals surface area contributed by atoms with Gasteiger partial charge in [-0.2, -0.15) is 0 Å². The summed E-state index contributed by atoms with van der Waals surface area (Å²) in [7, 11) is 3.16. The zero-order valence-corrected chi connectivity index (χ0v) is 22.7. The van der Waals surface area contributed by atoms with Crippen LogP contribution in [0.25, 0.3) is 0 Å². The molecule has 0 N–H and O–H groups in total. The Morgan fingerprint density at radius 1 is 0.659 bits per heavy atom. The molecule has 0 spiro atoms. The summed E-state index contributed by atoms with van der Waals surface area (Å²) in [6.45, 7) is 0.294. The van der Waals surface area contributed by atoms with E-state index in [0.29, 0.717) is 17.1 Å². The van der Waals surface area contributed by atoms with Crippen molar-refractivity contribution in [3.05, 3.63) is 135 Å². The van der Waals surface area contributed by atoms with Crippen LogP contribution < -0.4 is 9.47 Å². The summed E-state index contributed by atoms with van der Waals surface area (Å²) in [5.41, 5.74) is 1.08. The SMILES string of the molecule is COc1ccc(CN2C(=O)C(Cc3ccccc3)(c3ccc([N+](=O)[O-])cc3)C(=O)N2Cc2ccc(OC)cc2)cc1. The van der Waals surface area contributed by atoms with Gasteiger partial charge in [0.2, 0.25) is 0 Å². The van der Waals surface area contributed by atoms with E-state index >= 15 is 0 Å². The summed E-state index contributed by atoms with van der Waals surface area (Å²) in [6.07, 6.45) is 0.0988. The van der Waals surface area contributed by atoms with Crippen LogP contribution in [0.15, 0.2) is 103 Å². The average Bonchev–Trinajstić information content (AvgIpc) is 3.20. The number of hydrazine groups is 1. The number of hydrogen-bond donors (Lipinski definition) is 0. The van der Waals surface area contributed by atoms with Crippen molar-refractivity contribution < 1.29 is 24.0 Å². The first-order chi connectivity index (χ1) is 19.8. The molecule has 1 fully saturated rings. The minimum Gasteiger partial charge on any atom is -0.497 e. The van der Waals surface area contributed by atoms with Gasteiger partial charge in [-0.05, 0) is 46.5 Å². The molecule has 41 heavy (non-hydrogen) atoms. The van der Waals surface area contributed by atoms with Crippen molar-refractivity contribution in [2.45, 2.75) is 24.9 Å². The van der Waals surface area contributed by atoms with E-state index in [1.165, 1.54) is 34.3 Å². The number of rotatable bonds is 10. The number of carbonyl (C=O) groups is 2. The molecule has 0 aromatic heterocycles. The molecule has 0 unspecified atom stereocenters. The van der Waals surface area contributed by atoms with Gasteiger partial charge in [-0.3, -0.25) is 19.7 Å². The van der Waals surface area contributed by atoms with Crippen LogP contribution in [0.2, 0.25) is 0 Å². The molecule has 1 aliphatic heterocycles. The summed E-state index contributed by atoms with van der Waals surface area (Å²) in [6, 6.07) is 29.6. The van der Waals surface area contributed by atoms with Crippen molar-refractivity contribution in [3.63, 3.8) is 0 Å². The molecule has 0 bridgehead atoms. The van der Waals surface area contributed by atoms with Crippen molar-refractivity contribution in [2.75, 3.05) is 14.2 Å². The van der Waals surface area contributed by atoms with Gasteiger partial charge in [0.25, 0.3) is 17.5 Å². The second-order valence-electron chi connectivity index (χ2n) is 9.79. The highest BCUT2D eigenvalue weighted by Crippen LogP contribution is 2.41. The first kappa shape index (κ1) is 27.4. The largest absolute Gasteiger partial charge is 0.497 e. The molecule has 9 nitrogen and oxygen atoms in total. The van der Waals surface area contributed by atoms with Crippen LogP contribution in [0.1, 0.15) is 22.3 Å². The lowest BCUT2D eigenvalue weighted by Crippen LogP contribution is -2.43. The third-order valence-corrected chi connectivity index (χ3v) is 7.36. The van der Waals surface area contributed by atoms with Crippen molar-refractivity contribution >= 4 is 17.5 Å². The van der Waals surface area contributed by atoms with E-state index in [1.807, 2.05) is 54.6 Å². The Morgan fingerprint density at radius 2 is 1.12 bits per heavy atom. The molecular formula is C32H29N3O6. The zero-order valence-electron chi connectivity index (χ0n) is 22.7. The first-order valence-corrected chi connectivity index (χ1v) is 13.0. The van der Waals surface area contributed by atoms with E-state index in [1.54, 1.807) is 38.5 Å². The normalized spacial score (nSPS) is 14.3. The molecule has 208 valence electrons. The molecule has 1 aliphatic rings. The Kier molecular flexibility index (Phi) is 7.69. The average molecular weight is 552 g/mol. The van der Waals surface area contributed by atoms with Crippen LogP contribution in [0.4, 0.5) is 5.69 Å². The third-order valence-electron chi connectivity index (χ3n) is 7.36. The van der Waals surface area contributed by atoms with Gasteiger partial charge in [0.1, 0.15) is 11.5 Å². The Hall–Kier alpha value is -5.18. The van der Waals surface area contributed by atoms with Gasteiger partial charge >= 0.3 is 0 Å². The number of amides is 2. The van der Waals surface area contributed by atoms with Crippen molar-refractivity contribution in [2.24, 2.45) is 0 Å². The van der Waals surface area contributed by atoms with Crippen LogP contribution in [-0.2, 0) is 34.5 Å². The van der Waals surface area contributed by atoms with E-state index in [2.05, 4.69) is 0 Å². The molecule has 4 aromatic carbocycles. The van der Waals surface area contributed by atoms with E-state index in [4.69, 9.17) is 9.47 Å².